The standard InChI is InChI=1S/C8H16ClN3O/c1-11-4-5-12(3-2-9)7(6-11)8(10)13/h7H,2-6H2,1H3,(H2,10,13). The van der Waals surface area contributed by atoms with Crippen LogP contribution < -0.4 is 5.73 Å². The first-order valence-electron chi connectivity index (χ1n) is 4.43. The third kappa shape index (κ3) is 2.83. The topological polar surface area (TPSA) is 49.6 Å². The van der Waals surface area contributed by atoms with Crippen LogP contribution >= 0.6 is 11.6 Å². The van der Waals surface area contributed by atoms with Crippen molar-refractivity contribution in [3.8, 4) is 0 Å². The summed E-state index contributed by atoms with van der Waals surface area (Å²) < 4.78 is 0. The van der Waals surface area contributed by atoms with Crippen LogP contribution in [0.15, 0.2) is 0 Å². The van der Waals surface area contributed by atoms with Crippen LogP contribution in [0.25, 0.3) is 0 Å². The van der Waals surface area contributed by atoms with E-state index < -0.39 is 0 Å². The molecule has 5 heteroatoms. The van der Waals surface area contributed by atoms with Crippen LogP contribution in [0.1, 0.15) is 0 Å². The van der Waals surface area contributed by atoms with Gasteiger partial charge in [-0.05, 0) is 7.05 Å². The number of hydrogen-bond acceptors (Lipinski definition) is 3. The summed E-state index contributed by atoms with van der Waals surface area (Å²) >= 11 is 5.63. The Bertz CT molecular complexity index is 188. The number of amides is 1. The van der Waals surface area contributed by atoms with E-state index in [-0.39, 0.29) is 11.9 Å². The van der Waals surface area contributed by atoms with Crippen molar-refractivity contribution in [1.29, 1.82) is 0 Å². The third-order valence-electron chi connectivity index (χ3n) is 2.39. The van der Waals surface area contributed by atoms with Crippen molar-refractivity contribution in [2.45, 2.75) is 6.04 Å². The molecule has 0 saturated carbocycles. The Hall–Kier alpha value is -0.320. The number of likely N-dealkylation sites (N-methyl/N-ethyl adjacent to an activating group) is 1. The summed E-state index contributed by atoms with van der Waals surface area (Å²) in [5, 5.41) is 0. The van der Waals surface area contributed by atoms with Gasteiger partial charge >= 0.3 is 0 Å². The zero-order valence-electron chi connectivity index (χ0n) is 7.87. The minimum atomic E-state index is -0.253. The molecule has 0 radical (unpaired) electrons. The smallest absolute Gasteiger partial charge is 0.236 e. The van der Waals surface area contributed by atoms with Gasteiger partial charge in [0, 0.05) is 32.1 Å². The van der Waals surface area contributed by atoms with Gasteiger partial charge in [0.25, 0.3) is 0 Å². The van der Waals surface area contributed by atoms with Gasteiger partial charge in [0.05, 0.1) is 0 Å². The Morgan fingerprint density at radius 1 is 1.62 bits per heavy atom. The Morgan fingerprint density at radius 2 is 2.31 bits per heavy atom. The van der Waals surface area contributed by atoms with Gasteiger partial charge in [0.2, 0.25) is 5.91 Å². The van der Waals surface area contributed by atoms with Crippen LogP contribution in [0.5, 0.6) is 0 Å². The second-order valence-electron chi connectivity index (χ2n) is 3.41. The summed E-state index contributed by atoms with van der Waals surface area (Å²) in [7, 11) is 1.99. The molecule has 4 nitrogen and oxygen atoms in total. The number of rotatable bonds is 3. The Morgan fingerprint density at radius 3 is 2.85 bits per heavy atom. The predicted octanol–water partition coefficient (Wildman–Crippen LogP) is -0.673. The maximum absolute atomic E-state index is 11.1. The van der Waals surface area contributed by atoms with Crippen molar-refractivity contribution in [1.82, 2.24) is 9.80 Å². The molecule has 0 aliphatic carbocycles. The Balaban J connectivity index is 2.55. The highest BCUT2D eigenvalue weighted by Gasteiger charge is 2.28. The molecule has 76 valence electrons. The second kappa shape index (κ2) is 4.79. The van der Waals surface area contributed by atoms with E-state index in [1.807, 2.05) is 7.05 Å². The Labute approximate surface area is 83.6 Å². The number of nitrogens with zero attached hydrogens (tertiary/aromatic N) is 2. The van der Waals surface area contributed by atoms with Crippen LogP contribution in [0.3, 0.4) is 0 Å². The minimum absolute atomic E-state index is 0.169. The van der Waals surface area contributed by atoms with Gasteiger partial charge < -0.3 is 10.6 Å². The number of carbonyl (C=O) groups excluding carboxylic acids is 1. The molecular weight excluding hydrogens is 190 g/mol. The van der Waals surface area contributed by atoms with Crippen molar-refractivity contribution in [2.24, 2.45) is 5.73 Å². The van der Waals surface area contributed by atoms with Gasteiger partial charge in [-0.25, -0.2) is 0 Å². The fourth-order valence-corrected chi connectivity index (χ4v) is 1.82. The average Bonchev–Trinajstić information content (AvgIpc) is 2.08. The van der Waals surface area contributed by atoms with Crippen molar-refractivity contribution < 1.29 is 4.79 Å². The summed E-state index contributed by atoms with van der Waals surface area (Å²) in [6.07, 6.45) is 0. The van der Waals surface area contributed by atoms with Crippen LogP contribution in [0.4, 0.5) is 0 Å². The van der Waals surface area contributed by atoms with Gasteiger partial charge in [0.1, 0.15) is 6.04 Å². The van der Waals surface area contributed by atoms with Crippen LogP contribution in [-0.2, 0) is 4.79 Å². The molecule has 1 aliphatic rings. The second-order valence-corrected chi connectivity index (χ2v) is 3.78. The molecule has 2 N–H and O–H groups in total. The monoisotopic (exact) mass is 205 g/mol. The first-order valence-corrected chi connectivity index (χ1v) is 4.96. The number of alkyl halides is 1. The molecule has 0 aromatic carbocycles. The summed E-state index contributed by atoms with van der Waals surface area (Å²) in [5.74, 6) is 0.296. The molecule has 1 heterocycles. The van der Waals surface area contributed by atoms with Gasteiger partial charge in [-0.2, -0.15) is 0 Å². The number of primary amides is 1. The molecule has 1 saturated heterocycles. The predicted molar refractivity (Wildman–Crippen MR) is 52.8 cm³/mol. The van der Waals surface area contributed by atoms with E-state index in [0.717, 1.165) is 19.6 Å². The van der Waals surface area contributed by atoms with E-state index in [4.69, 9.17) is 17.3 Å². The van der Waals surface area contributed by atoms with Crippen molar-refractivity contribution in [3.05, 3.63) is 0 Å². The van der Waals surface area contributed by atoms with E-state index in [0.29, 0.717) is 12.4 Å². The maximum Gasteiger partial charge on any atom is 0.236 e. The number of carbonyl (C=O) groups is 1. The molecule has 13 heavy (non-hydrogen) atoms. The SMILES string of the molecule is CN1CCN(CCCl)C(C(N)=O)C1. The van der Waals surface area contributed by atoms with E-state index in [2.05, 4.69) is 9.80 Å². The first kappa shape index (κ1) is 10.8. The lowest BCUT2D eigenvalue weighted by molar-refractivity contribution is -0.125. The minimum Gasteiger partial charge on any atom is -0.368 e. The highest BCUT2D eigenvalue weighted by Crippen LogP contribution is 2.07. The zero-order chi connectivity index (χ0) is 9.84. The van der Waals surface area contributed by atoms with E-state index in [1.165, 1.54) is 0 Å². The van der Waals surface area contributed by atoms with Crippen LogP contribution in [-0.4, -0.2) is 60.9 Å². The molecule has 0 spiro atoms. The largest absolute Gasteiger partial charge is 0.368 e. The fraction of sp³-hybridized carbons (Fsp3) is 0.875. The molecule has 0 bridgehead atoms. The van der Waals surface area contributed by atoms with Gasteiger partial charge in [-0.15, -0.1) is 11.6 Å². The quantitative estimate of drug-likeness (QED) is 0.622. The van der Waals surface area contributed by atoms with Gasteiger partial charge in [0.15, 0.2) is 0 Å². The number of nitrogens with two attached hydrogens (primary N) is 1. The van der Waals surface area contributed by atoms with Crippen LogP contribution in [0, 0.1) is 0 Å². The summed E-state index contributed by atoms with van der Waals surface area (Å²) in [5.41, 5.74) is 5.30. The first-order chi connectivity index (χ1) is 6.15. The molecule has 1 amide bonds. The highest BCUT2D eigenvalue weighted by atomic mass is 35.5. The lowest BCUT2D eigenvalue weighted by atomic mass is 10.1. The molecule has 0 aromatic rings. The lowest BCUT2D eigenvalue weighted by Crippen LogP contribution is -2.57. The van der Waals surface area contributed by atoms with Gasteiger partial charge in [-0.3, -0.25) is 9.69 Å². The van der Waals surface area contributed by atoms with E-state index >= 15 is 0 Å². The molecule has 1 atom stereocenters. The molecule has 1 unspecified atom stereocenters. The number of piperazine rings is 1. The average molecular weight is 206 g/mol. The van der Waals surface area contributed by atoms with E-state index in [9.17, 15) is 4.79 Å². The summed E-state index contributed by atoms with van der Waals surface area (Å²) in [6.45, 7) is 3.30. The Kier molecular flexibility index (Phi) is 3.96. The number of halogens is 1. The van der Waals surface area contributed by atoms with Crippen molar-refractivity contribution in [2.75, 3.05) is 39.1 Å². The normalized spacial score (nSPS) is 26.2. The van der Waals surface area contributed by atoms with E-state index in [1.54, 1.807) is 0 Å². The molecule has 1 rings (SSSR count). The van der Waals surface area contributed by atoms with Crippen molar-refractivity contribution in [3.63, 3.8) is 0 Å². The third-order valence-corrected chi connectivity index (χ3v) is 2.56. The fourth-order valence-electron chi connectivity index (χ4n) is 1.60. The molecule has 0 aromatic heterocycles. The highest BCUT2D eigenvalue weighted by molar-refractivity contribution is 6.18. The summed E-state index contributed by atoms with van der Waals surface area (Å²) in [6, 6.07) is -0.169. The lowest BCUT2D eigenvalue weighted by Gasteiger charge is -2.37. The molecular formula is C8H16ClN3O. The molecule has 1 aliphatic heterocycles. The van der Waals surface area contributed by atoms with Gasteiger partial charge in [-0.1, -0.05) is 0 Å². The molecule has 1 fully saturated rings. The van der Waals surface area contributed by atoms with Crippen molar-refractivity contribution >= 4 is 17.5 Å². The number of hydrogen-bond donors (Lipinski definition) is 1. The maximum atomic E-state index is 11.1. The van der Waals surface area contributed by atoms with Crippen LogP contribution in [0.2, 0.25) is 0 Å². The summed E-state index contributed by atoms with van der Waals surface area (Å²) in [4.78, 5) is 15.3. The zero-order valence-corrected chi connectivity index (χ0v) is 8.63.